The fourth-order valence-corrected chi connectivity index (χ4v) is 2.65. The van der Waals surface area contributed by atoms with E-state index in [-0.39, 0.29) is 11.3 Å². The van der Waals surface area contributed by atoms with E-state index in [0.717, 1.165) is 11.1 Å². The zero-order valence-corrected chi connectivity index (χ0v) is 15.9. The summed E-state index contributed by atoms with van der Waals surface area (Å²) in [7, 11) is 3.24. The molecule has 2 aromatic rings. The molecule has 0 unspecified atom stereocenters. The molecule has 1 N–H and O–H groups in total. The number of rotatable bonds is 6. The van der Waals surface area contributed by atoms with Crippen LogP contribution in [0.5, 0.6) is 11.5 Å². The minimum absolute atomic E-state index is 0.0587. The Morgan fingerprint density at radius 1 is 0.960 bits per heavy atom. The van der Waals surface area contributed by atoms with Crippen LogP contribution in [0.4, 0.5) is 0 Å². The fourth-order valence-electron chi connectivity index (χ4n) is 2.65. The molecule has 0 fully saturated rings. The molecule has 2 rings (SSSR count). The second-order valence-electron chi connectivity index (χ2n) is 6.94. The summed E-state index contributed by atoms with van der Waals surface area (Å²) in [6, 6.07) is 11.6. The molecule has 4 nitrogen and oxygen atoms in total. The van der Waals surface area contributed by atoms with Gasteiger partial charge in [0.25, 0.3) is 5.91 Å². The third-order valence-electron chi connectivity index (χ3n) is 4.62. The number of nitrogens with one attached hydrogen (secondary N) is 1. The summed E-state index contributed by atoms with van der Waals surface area (Å²) in [6.07, 6.45) is 0. The summed E-state index contributed by atoms with van der Waals surface area (Å²) in [5, 5.41) is 3.04. The standard InChI is InChI=1S/C21H27NO3/c1-14-7-8-16(11-15(14)2)20(23)22-13-21(3,4)17-9-10-18(24-5)19(12-17)25-6/h7-12H,13H2,1-6H3,(H,22,23). The Balaban J connectivity index is 2.12. The monoisotopic (exact) mass is 341 g/mol. The summed E-state index contributed by atoms with van der Waals surface area (Å²) < 4.78 is 10.7. The van der Waals surface area contributed by atoms with Gasteiger partial charge in [0.15, 0.2) is 11.5 Å². The normalized spacial score (nSPS) is 11.1. The predicted octanol–water partition coefficient (Wildman–Crippen LogP) is 4.03. The van der Waals surface area contributed by atoms with Crippen molar-refractivity contribution < 1.29 is 14.3 Å². The van der Waals surface area contributed by atoms with Crippen LogP contribution in [0, 0.1) is 13.8 Å². The minimum Gasteiger partial charge on any atom is -0.493 e. The van der Waals surface area contributed by atoms with Crippen molar-refractivity contribution in [3.63, 3.8) is 0 Å². The highest BCUT2D eigenvalue weighted by Gasteiger charge is 2.23. The molecule has 4 heteroatoms. The zero-order valence-electron chi connectivity index (χ0n) is 15.9. The first-order valence-corrected chi connectivity index (χ1v) is 8.36. The second kappa shape index (κ2) is 7.60. The number of carbonyl (C=O) groups excluding carboxylic acids is 1. The number of hydrogen-bond donors (Lipinski definition) is 1. The minimum atomic E-state index is -0.241. The summed E-state index contributed by atoms with van der Waals surface area (Å²) >= 11 is 0. The summed E-state index contributed by atoms with van der Waals surface area (Å²) in [5.41, 5.74) is 3.82. The van der Waals surface area contributed by atoms with Crippen molar-refractivity contribution in [3.8, 4) is 11.5 Å². The fraction of sp³-hybridized carbons (Fsp3) is 0.381. The van der Waals surface area contributed by atoms with Gasteiger partial charge in [0.2, 0.25) is 0 Å². The van der Waals surface area contributed by atoms with E-state index in [1.807, 2.05) is 50.2 Å². The largest absolute Gasteiger partial charge is 0.493 e. The van der Waals surface area contributed by atoms with Crippen molar-refractivity contribution in [2.24, 2.45) is 0 Å². The summed E-state index contributed by atoms with van der Waals surface area (Å²) in [4.78, 5) is 12.5. The van der Waals surface area contributed by atoms with Gasteiger partial charge in [-0.25, -0.2) is 0 Å². The Morgan fingerprint density at radius 2 is 1.64 bits per heavy atom. The molecule has 1 amide bonds. The highest BCUT2D eigenvalue weighted by molar-refractivity contribution is 5.94. The maximum atomic E-state index is 12.5. The number of benzene rings is 2. The van der Waals surface area contributed by atoms with E-state index in [0.29, 0.717) is 23.6 Å². The van der Waals surface area contributed by atoms with Crippen LogP contribution in [0.15, 0.2) is 36.4 Å². The smallest absolute Gasteiger partial charge is 0.251 e. The van der Waals surface area contributed by atoms with Gasteiger partial charge in [0, 0.05) is 17.5 Å². The van der Waals surface area contributed by atoms with Gasteiger partial charge in [-0.3, -0.25) is 4.79 Å². The van der Waals surface area contributed by atoms with Crippen LogP contribution < -0.4 is 14.8 Å². The topological polar surface area (TPSA) is 47.6 Å². The van der Waals surface area contributed by atoms with E-state index in [2.05, 4.69) is 19.2 Å². The van der Waals surface area contributed by atoms with E-state index in [4.69, 9.17) is 9.47 Å². The van der Waals surface area contributed by atoms with Gasteiger partial charge in [0.05, 0.1) is 14.2 Å². The average molecular weight is 341 g/mol. The quantitative estimate of drug-likeness (QED) is 0.863. The van der Waals surface area contributed by atoms with E-state index < -0.39 is 0 Å². The first-order chi connectivity index (χ1) is 11.8. The van der Waals surface area contributed by atoms with Crippen molar-refractivity contribution in [1.82, 2.24) is 5.32 Å². The Bertz CT molecular complexity index is 766. The third-order valence-corrected chi connectivity index (χ3v) is 4.62. The van der Waals surface area contributed by atoms with Crippen LogP contribution in [0.1, 0.15) is 40.9 Å². The molecule has 0 saturated carbocycles. The van der Waals surface area contributed by atoms with Crippen molar-refractivity contribution in [3.05, 3.63) is 58.7 Å². The van der Waals surface area contributed by atoms with Gasteiger partial charge in [0.1, 0.15) is 0 Å². The van der Waals surface area contributed by atoms with Crippen molar-refractivity contribution in [1.29, 1.82) is 0 Å². The Morgan fingerprint density at radius 3 is 2.24 bits per heavy atom. The Labute approximate surface area is 150 Å². The molecule has 0 radical (unpaired) electrons. The first kappa shape index (κ1) is 18.8. The van der Waals surface area contributed by atoms with Crippen LogP contribution in [-0.4, -0.2) is 26.7 Å². The lowest BCUT2D eigenvalue weighted by atomic mass is 9.84. The molecule has 0 saturated heterocycles. The Hall–Kier alpha value is -2.49. The van der Waals surface area contributed by atoms with E-state index in [9.17, 15) is 4.79 Å². The second-order valence-corrected chi connectivity index (χ2v) is 6.94. The van der Waals surface area contributed by atoms with Crippen LogP contribution >= 0.6 is 0 Å². The average Bonchev–Trinajstić information content (AvgIpc) is 2.61. The van der Waals surface area contributed by atoms with Crippen LogP contribution in [0.25, 0.3) is 0 Å². The zero-order chi connectivity index (χ0) is 18.6. The molecule has 2 aromatic carbocycles. The number of ether oxygens (including phenoxy) is 2. The van der Waals surface area contributed by atoms with Crippen molar-refractivity contribution in [2.45, 2.75) is 33.1 Å². The van der Waals surface area contributed by atoms with E-state index >= 15 is 0 Å². The third kappa shape index (κ3) is 4.32. The lowest BCUT2D eigenvalue weighted by Gasteiger charge is -2.26. The van der Waals surface area contributed by atoms with Crippen molar-refractivity contribution >= 4 is 5.91 Å². The van der Waals surface area contributed by atoms with Crippen LogP contribution in [0.3, 0.4) is 0 Å². The molecule has 0 aromatic heterocycles. The van der Waals surface area contributed by atoms with Gasteiger partial charge in [-0.2, -0.15) is 0 Å². The van der Waals surface area contributed by atoms with Gasteiger partial charge < -0.3 is 14.8 Å². The van der Waals surface area contributed by atoms with Gasteiger partial charge in [-0.15, -0.1) is 0 Å². The SMILES string of the molecule is COc1ccc(C(C)(C)CNC(=O)c2ccc(C)c(C)c2)cc1OC. The number of amides is 1. The molecule has 0 aliphatic heterocycles. The Kier molecular flexibility index (Phi) is 5.73. The summed E-state index contributed by atoms with van der Waals surface area (Å²) in [6.45, 7) is 8.76. The van der Waals surface area contributed by atoms with Gasteiger partial charge >= 0.3 is 0 Å². The highest BCUT2D eigenvalue weighted by Crippen LogP contribution is 2.32. The number of hydrogen-bond acceptors (Lipinski definition) is 3. The predicted molar refractivity (Wildman–Crippen MR) is 101 cm³/mol. The van der Waals surface area contributed by atoms with E-state index in [1.54, 1.807) is 14.2 Å². The molecule has 0 atom stereocenters. The molecular weight excluding hydrogens is 314 g/mol. The lowest BCUT2D eigenvalue weighted by Crippen LogP contribution is -2.36. The highest BCUT2D eigenvalue weighted by atomic mass is 16.5. The maximum absolute atomic E-state index is 12.5. The molecule has 0 aliphatic carbocycles. The van der Waals surface area contributed by atoms with Gasteiger partial charge in [-0.05, 0) is 54.8 Å². The van der Waals surface area contributed by atoms with Crippen LogP contribution in [-0.2, 0) is 5.41 Å². The molecular formula is C21H27NO3. The number of methoxy groups -OCH3 is 2. The molecule has 0 bridgehead atoms. The lowest BCUT2D eigenvalue weighted by molar-refractivity contribution is 0.0945. The van der Waals surface area contributed by atoms with Gasteiger partial charge in [-0.1, -0.05) is 26.0 Å². The molecule has 25 heavy (non-hydrogen) atoms. The molecule has 0 spiro atoms. The van der Waals surface area contributed by atoms with Crippen LogP contribution in [0.2, 0.25) is 0 Å². The molecule has 0 aliphatic rings. The molecule has 0 heterocycles. The van der Waals surface area contributed by atoms with E-state index in [1.165, 1.54) is 5.56 Å². The number of carbonyl (C=O) groups is 1. The maximum Gasteiger partial charge on any atom is 0.251 e. The first-order valence-electron chi connectivity index (χ1n) is 8.36. The number of aryl methyl sites for hydroxylation is 2. The van der Waals surface area contributed by atoms with Crippen molar-refractivity contribution in [2.75, 3.05) is 20.8 Å². The molecule has 134 valence electrons. The summed E-state index contributed by atoms with van der Waals surface area (Å²) in [5.74, 6) is 1.33.